The van der Waals surface area contributed by atoms with Gasteiger partial charge in [-0.05, 0) is 0 Å². The summed E-state index contributed by atoms with van der Waals surface area (Å²) < 4.78 is 0. The van der Waals surface area contributed by atoms with E-state index in [2.05, 4.69) is 0 Å². The highest BCUT2D eigenvalue weighted by Crippen LogP contribution is 1.42. The first-order valence-corrected chi connectivity index (χ1v) is 1.70. The van der Waals surface area contributed by atoms with Crippen LogP contribution in [0, 0.1) is 0 Å². The predicted molar refractivity (Wildman–Crippen MR) is 29.3 cm³/mol. The maximum atomic E-state index is 9.00. The third-order valence-electron chi connectivity index (χ3n) is 0. The predicted octanol–water partition coefficient (Wildman–Crippen LogP) is -2.79. The van der Waals surface area contributed by atoms with Crippen LogP contribution in [0.1, 0.15) is 6.92 Å². The van der Waals surface area contributed by atoms with Crippen molar-refractivity contribution >= 4 is 13.3 Å². The van der Waals surface area contributed by atoms with Gasteiger partial charge in [0.05, 0.1) is 0 Å². The van der Waals surface area contributed by atoms with Crippen LogP contribution in [0.2, 0.25) is 0 Å². The van der Waals surface area contributed by atoms with Crippen LogP contribution in [0.15, 0.2) is 0 Å². The maximum Gasteiger partial charge on any atom is 0.631 e. The molecule has 9 heavy (non-hydrogen) atoms. The first-order valence-electron chi connectivity index (χ1n) is 1.70. The minimum absolute atomic E-state index is 0. The Hall–Kier alpha value is -0.625. The smallest absolute Gasteiger partial charge is 0.481 e. The van der Waals surface area contributed by atoms with Gasteiger partial charge < -0.3 is 25.7 Å². The van der Waals surface area contributed by atoms with E-state index in [4.69, 9.17) is 25.0 Å². The molecule has 0 saturated heterocycles. The SMILES string of the molecule is CC(=O)O.O.OB(O)O. The van der Waals surface area contributed by atoms with Crippen molar-refractivity contribution in [3.05, 3.63) is 0 Å². The van der Waals surface area contributed by atoms with Gasteiger partial charge in [0.2, 0.25) is 0 Å². The zero-order valence-electron chi connectivity index (χ0n) is 4.77. The first kappa shape index (κ1) is 15.8. The number of carbonyl (C=O) groups is 1. The monoisotopic (exact) mass is 140 g/mol. The molecule has 0 spiro atoms. The van der Waals surface area contributed by atoms with Crippen LogP contribution in [0.5, 0.6) is 0 Å². The molecule has 0 aromatic heterocycles. The molecular formula is C2H9BO6. The Morgan fingerprint density at radius 1 is 1.33 bits per heavy atom. The van der Waals surface area contributed by atoms with E-state index >= 15 is 0 Å². The lowest BCUT2D eigenvalue weighted by atomic mass is 10.3. The fourth-order valence-corrected chi connectivity index (χ4v) is 0. The molecule has 0 fully saturated rings. The summed E-state index contributed by atoms with van der Waals surface area (Å²) in [7, 11) is -2.17. The van der Waals surface area contributed by atoms with E-state index in [9.17, 15) is 0 Å². The van der Waals surface area contributed by atoms with Crippen LogP contribution in [-0.2, 0) is 4.79 Å². The summed E-state index contributed by atoms with van der Waals surface area (Å²) >= 11 is 0. The summed E-state index contributed by atoms with van der Waals surface area (Å²) in [5.74, 6) is -0.833. The molecule has 0 amide bonds. The van der Waals surface area contributed by atoms with Gasteiger partial charge in [-0.2, -0.15) is 0 Å². The van der Waals surface area contributed by atoms with E-state index in [1.807, 2.05) is 0 Å². The normalized spacial score (nSPS) is 5.78. The Balaban J connectivity index is -0.0000000720. The Kier molecular flexibility index (Phi) is 18.2. The largest absolute Gasteiger partial charge is 0.631 e. The molecule has 0 aliphatic rings. The van der Waals surface area contributed by atoms with Crippen molar-refractivity contribution < 1.29 is 30.4 Å². The lowest BCUT2D eigenvalue weighted by Crippen LogP contribution is -2.07. The summed E-state index contributed by atoms with van der Waals surface area (Å²) in [6, 6.07) is 0. The van der Waals surface area contributed by atoms with E-state index in [-0.39, 0.29) is 5.48 Å². The van der Waals surface area contributed by atoms with Gasteiger partial charge in [-0.15, -0.1) is 0 Å². The van der Waals surface area contributed by atoms with Crippen molar-refractivity contribution in [2.24, 2.45) is 0 Å². The molecule has 0 bridgehead atoms. The topological polar surface area (TPSA) is 129 Å². The van der Waals surface area contributed by atoms with Gasteiger partial charge in [0.15, 0.2) is 0 Å². The lowest BCUT2D eigenvalue weighted by molar-refractivity contribution is -0.134. The number of rotatable bonds is 0. The van der Waals surface area contributed by atoms with Crippen molar-refractivity contribution in [1.29, 1.82) is 0 Å². The third kappa shape index (κ3) is 545. The van der Waals surface area contributed by atoms with E-state index in [1.165, 1.54) is 0 Å². The quantitative estimate of drug-likeness (QED) is 0.270. The van der Waals surface area contributed by atoms with Gasteiger partial charge in [0.1, 0.15) is 0 Å². The molecule has 56 valence electrons. The van der Waals surface area contributed by atoms with Crippen molar-refractivity contribution in [2.45, 2.75) is 6.92 Å². The summed E-state index contributed by atoms with van der Waals surface area (Å²) in [5, 5.41) is 28.9. The molecule has 7 heteroatoms. The second kappa shape index (κ2) is 10.4. The zero-order chi connectivity index (χ0) is 7.15. The zero-order valence-corrected chi connectivity index (χ0v) is 4.77. The standard InChI is InChI=1S/C2H4O2.BH3O3.H2O/c1-2(3)4;2-1(3)4;/h1H3,(H,3,4);2-4H;1H2. The third-order valence-corrected chi connectivity index (χ3v) is 0. The van der Waals surface area contributed by atoms with Crippen LogP contribution in [0.4, 0.5) is 0 Å². The fraction of sp³-hybridized carbons (Fsp3) is 0.500. The number of carboxylic acid groups (broad SMARTS) is 1. The van der Waals surface area contributed by atoms with Gasteiger partial charge in [-0.1, -0.05) is 0 Å². The Morgan fingerprint density at radius 3 is 1.33 bits per heavy atom. The number of carboxylic acids is 1. The molecule has 0 unspecified atom stereocenters. The Labute approximate surface area is 51.9 Å². The molecule has 0 aliphatic heterocycles. The molecule has 0 heterocycles. The molecular weight excluding hydrogens is 131 g/mol. The van der Waals surface area contributed by atoms with E-state index in [0.29, 0.717) is 0 Å². The molecule has 0 aromatic rings. The second-order valence-electron chi connectivity index (χ2n) is 0.865. The molecule has 0 radical (unpaired) electrons. The van der Waals surface area contributed by atoms with E-state index in [0.717, 1.165) is 6.92 Å². The molecule has 0 saturated carbocycles. The minimum Gasteiger partial charge on any atom is -0.481 e. The van der Waals surface area contributed by atoms with Crippen molar-refractivity contribution in [2.75, 3.05) is 0 Å². The summed E-state index contributed by atoms with van der Waals surface area (Å²) in [5.41, 5.74) is 0. The van der Waals surface area contributed by atoms with Gasteiger partial charge in [0.25, 0.3) is 5.97 Å². The molecule has 6 N–H and O–H groups in total. The molecule has 0 atom stereocenters. The number of hydrogen-bond acceptors (Lipinski definition) is 4. The summed E-state index contributed by atoms with van der Waals surface area (Å²) in [6.45, 7) is 1.08. The van der Waals surface area contributed by atoms with E-state index < -0.39 is 13.3 Å². The first-order chi connectivity index (χ1) is 3.46. The van der Waals surface area contributed by atoms with Crippen molar-refractivity contribution in [1.82, 2.24) is 0 Å². The van der Waals surface area contributed by atoms with Gasteiger partial charge in [0, 0.05) is 6.92 Å². The van der Waals surface area contributed by atoms with Gasteiger partial charge in [-0.3, -0.25) is 4.79 Å². The van der Waals surface area contributed by atoms with E-state index in [1.54, 1.807) is 0 Å². The summed E-state index contributed by atoms with van der Waals surface area (Å²) in [4.78, 5) is 9.00. The molecule has 0 rings (SSSR count). The molecule has 0 aromatic carbocycles. The fourth-order valence-electron chi connectivity index (χ4n) is 0. The Bertz CT molecular complexity index is 55.3. The second-order valence-corrected chi connectivity index (χ2v) is 0.865. The molecule has 0 aliphatic carbocycles. The van der Waals surface area contributed by atoms with Crippen LogP contribution < -0.4 is 0 Å². The highest BCUT2D eigenvalue weighted by atomic mass is 16.5. The van der Waals surface area contributed by atoms with Crippen LogP contribution in [-0.4, -0.2) is 38.9 Å². The number of hydrogen-bond donors (Lipinski definition) is 4. The van der Waals surface area contributed by atoms with Crippen LogP contribution >= 0.6 is 0 Å². The highest BCUT2D eigenvalue weighted by Gasteiger charge is 1.92. The minimum atomic E-state index is -2.17. The average molecular weight is 140 g/mol. The Morgan fingerprint density at radius 2 is 1.33 bits per heavy atom. The number of aliphatic carboxylic acids is 1. The average Bonchev–Trinajstić information content (AvgIpc) is 1.25. The lowest BCUT2D eigenvalue weighted by Gasteiger charge is -1.69. The van der Waals surface area contributed by atoms with Crippen molar-refractivity contribution in [3.63, 3.8) is 0 Å². The summed E-state index contributed by atoms with van der Waals surface area (Å²) in [6.07, 6.45) is 0. The van der Waals surface area contributed by atoms with Gasteiger partial charge >= 0.3 is 7.32 Å². The van der Waals surface area contributed by atoms with Crippen LogP contribution in [0.25, 0.3) is 0 Å². The van der Waals surface area contributed by atoms with Crippen LogP contribution in [0.3, 0.4) is 0 Å². The highest BCUT2D eigenvalue weighted by molar-refractivity contribution is 6.30. The molecule has 6 nitrogen and oxygen atoms in total. The van der Waals surface area contributed by atoms with Gasteiger partial charge in [-0.25, -0.2) is 0 Å². The van der Waals surface area contributed by atoms with Crippen molar-refractivity contribution in [3.8, 4) is 0 Å². The maximum absolute atomic E-state index is 9.00.